The first kappa shape index (κ1) is 31.3. The van der Waals surface area contributed by atoms with Crippen molar-refractivity contribution >= 4 is 82.6 Å². The Bertz CT molecular complexity index is 343. The molecule has 0 saturated carbocycles. The molecule has 0 aromatic heterocycles. The monoisotopic (exact) mass is 390 g/mol. The summed E-state index contributed by atoms with van der Waals surface area (Å²) in [5, 5.41) is 0. The van der Waals surface area contributed by atoms with Gasteiger partial charge in [-0.3, -0.25) is 27.3 Å². The Morgan fingerprint density at radius 3 is 0.471 bits per heavy atom. The van der Waals surface area contributed by atoms with Crippen molar-refractivity contribution in [3.05, 3.63) is 0 Å². The van der Waals surface area contributed by atoms with Crippen molar-refractivity contribution in [1.82, 2.24) is 0 Å². The van der Waals surface area contributed by atoms with Crippen LogP contribution in [0, 0.1) is 0 Å². The second-order valence-corrected chi connectivity index (χ2v) is 4.03. The maximum atomic E-state index is 8.74. The van der Waals surface area contributed by atoms with Crippen LogP contribution in [0.1, 0.15) is 0 Å². The molecule has 0 rings (SSSR count). The van der Waals surface area contributed by atoms with E-state index in [9.17, 15) is 0 Å². The first-order chi connectivity index (χ1) is 6.00. The third kappa shape index (κ3) is 1420. The summed E-state index contributed by atoms with van der Waals surface area (Å²) in [4.78, 5) is 0. The molecule has 0 radical (unpaired) electrons. The van der Waals surface area contributed by atoms with Crippen LogP contribution in [0.3, 0.4) is 0 Å². The Balaban J connectivity index is -0.0000000400. The Hall–Kier alpha value is 1.77. The molecule has 0 heterocycles. The molecule has 17 heteroatoms. The molecule has 0 spiro atoms. The molecule has 17 heavy (non-hydrogen) atoms. The normalized spacial score (nSPS) is 10.2. The molecule has 0 amide bonds. The standard InChI is InChI=1S/Fe.K.3H2O4S.H/c;;3*1-5(2,3)4;/h;;3*(H2,1,2,3,4);. The Labute approximate surface area is 150 Å². The van der Waals surface area contributed by atoms with E-state index >= 15 is 0 Å². The van der Waals surface area contributed by atoms with E-state index in [2.05, 4.69) is 0 Å². The minimum absolute atomic E-state index is 0. The Morgan fingerprint density at radius 1 is 0.471 bits per heavy atom. The molecule has 0 aromatic rings. The van der Waals surface area contributed by atoms with Crippen LogP contribution in [0.25, 0.3) is 0 Å². The van der Waals surface area contributed by atoms with Gasteiger partial charge in [0.25, 0.3) is 0 Å². The third-order valence-electron chi connectivity index (χ3n) is 0. The van der Waals surface area contributed by atoms with E-state index in [1.54, 1.807) is 0 Å². The maximum absolute atomic E-state index is 8.74. The van der Waals surface area contributed by atoms with Crippen LogP contribution in [0.5, 0.6) is 0 Å². The average Bonchev–Trinajstić information content (AvgIpc) is 1.41. The Kier molecular flexibility index (Phi) is 23.5. The van der Waals surface area contributed by atoms with Crippen molar-refractivity contribution in [3.8, 4) is 0 Å². The van der Waals surface area contributed by atoms with Crippen LogP contribution in [0.2, 0.25) is 0 Å². The summed E-state index contributed by atoms with van der Waals surface area (Å²) >= 11 is 0. The summed E-state index contributed by atoms with van der Waals surface area (Å²) < 4.78 is 94.8. The summed E-state index contributed by atoms with van der Waals surface area (Å²) in [6.45, 7) is 0. The fourth-order valence-corrected chi connectivity index (χ4v) is 0. The molecule has 0 aliphatic rings. The molecule has 106 valence electrons. The van der Waals surface area contributed by atoms with E-state index in [0.717, 1.165) is 0 Å². The van der Waals surface area contributed by atoms with Crippen LogP contribution in [0.15, 0.2) is 0 Å². The van der Waals surface area contributed by atoms with E-state index in [1.807, 2.05) is 0 Å². The predicted octanol–water partition coefficient (Wildman–Crippen LogP) is -2.61. The van der Waals surface area contributed by atoms with Gasteiger partial charge >= 0.3 is 82.6 Å². The van der Waals surface area contributed by atoms with E-state index in [1.165, 1.54) is 0 Å². The molecule has 0 atom stereocenters. The van der Waals surface area contributed by atoms with Gasteiger partial charge in [0.2, 0.25) is 0 Å². The number of rotatable bonds is 0. The van der Waals surface area contributed by atoms with Crippen LogP contribution in [-0.2, 0) is 48.3 Å². The van der Waals surface area contributed by atoms with Crippen LogP contribution < -0.4 is 0 Å². The van der Waals surface area contributed by atoms with Gasteiger partial charge in [-0.05, 0) is 0 Å². The van der Waals surface area contributed by atoms with Gasteiger partial charge in [-0.2, -0.15) is 25.3 Å². The second-order valence-electron chi connectivity index (χ2n) is 1.34. The molecule has 0 unspecified atom stereocenters. The fraction of sp³-hybridized carbons (Fsp3) is 0. The molecule has 0 aliphatic heterocycles. The van der Waals surface area contributed by atoms with E-state index in [4.69, 9.17) is 52.6 Å². The fourth-order valence-electron chi connectivity index (χ4n) is 0. The third-order valence-corrected chi connectivity index (χ3v) is 0. The van der Waals surface area contributed by atoms with Gasteiger partial charge in [0.1, 0.15) is 0 Å². The van der Waals surface area contributed by atoms with Crippen LogP contribution in [0.4, 0.5) is 0 Å². The summed E-state index contributed by atoms with van der Waals surface area (Å²) in [5.41, 5.74) is 0. The number of hydrogen-bond donors (Lipinski definition) is 6. The molecule has 0 saturated heterocycles. The predicted molar refractivity (Wildman–Crippen MR) is 49.7 cm³/mol. The Morgan fingerprint density at radius 2 is 0.471 bits per heavy atom. The van der Waals surface area contributed by atoms with Crippen molar-refractivity contribution < 1.29 is 69.6 Å². The molecule has 6 N–H and O–H groups in total. The molecule has 0 bridgehead atoms. The summed E-state index contributed by atoms with van der Waals surface area (Å²) in [6, 6.07) is 0. The average molecular weight is 390 g/mol. The van der Waals surface area contributed by atoms with Crippen molar-refractivity contribution in [3.63, 3.8) is 0 Å². The molecular weight excluding hydrogens is 383 g/mol. The molecule has 0 aromatic carbocycles. The summed E-state index contributed by atoms with van der Waals surface area (Å²) in [5.74, 6) is 0. The van der Waals surface area contributed by atoms with Gasteiger partial charge < -0.3 is 0 Å². The second kappa shape index (κ2) is 12.8. The zero-order chi connectivity index (χ0) is 13.5. The summed E-state index contributed by atoms with van der Waals surface area (Å²) in [7, 11) is -14.0. The van der Waals surface area contributed by atoms with Gasteiger partial charge in [0.15, 0.2) is 0 Å². The van der Waals surface area contributed by atoms with Gasteiger partial charge in [-0.1, -0.05) is 0 Å². The molecular formula is H7FeKO12S3. The molecule has 0 fully saturated rings. The van der Waals surface area contributed by atoms with Crippen molar-refractivity contribution in [2.75, 3.05) is 0 Å². The summed E-state index contributed by atoms with van der Waals surface area (Å²) in [6.07, 6.45) is 0. The molecule has 12 nitrogen and oxygen atoms in total. The van der Waals surface area contributed by atoms with E-state index < -0.39 is 31.2 Å². The van der Waals surface area contributed by atoms with Crippen molar-refractivity contribution in [2.24, 2.45) is 0 Å². The van der Waals surface area contributed by atoms with Gasteiger partial charge in [-0.15, -0.1) is 0 Å². The van der Waals surface area contributed by atoms with E-state index in [0.29, 0.717) is 0 Å². The first-order valence-electron chi connectivity index (χ1n) is 2.10. The molecule has 0 aliphatic carbocycles. The van der Waals surface area contributed by atoms with Crippen molar-refractivity contribution in [2.45, 2.75) is 0 Å². The van der Waals surface area contributed by atoms with Crippen LogP contribution in [-0.4, -0.2) is 104 Å². The zero-order valence-electron chi connectivity index (χ0n) is 6.71. The number of hydrogen-bond acceptors (Lipinski definition) is 6. The SMILES string of the molecule is O=S(=O)(O)O.O=S(=O)(O)O.O=S(=O)(O)O.[Fe].[KH]. The van der Waals surface area contributed by atoms with Gasteiger partial charge in [0.05, 0.1) is 0 Å². The van der Waals surface area contributed by atoms with Gasteiger partial charge in [0, 0.05) is 17.1 Å². The quantitative estimate of drug-likeness (QED) is 0.185. The van der Waals surface area contributed by atoms with Crippen molar-refractivity contribution in [1.29, 1.82) is 0 Å². The van der Waals surface area contributed by atoms with Crippen LogP contribution >= 0.6 is 0 Å². The topological polar surface area (TPSA) is 224 Å². The van der Waals surface area contributed by atoms with Gasteiger partial charge in [-0.25, -0.2) is 0 Å². The zero-order valence-corrected chi connectivity index (χ0v) is 10.3. The van der Waals surface area contributed by atoms with E-state index in [-0.39, 0.29) is 68.5 Å². The first-order valence-corrected chi connectivity index (χ1v) is 6.29. The minimum atomic E-state index is -4.67.